The van der Waals surface area contributed by atoms with Crippen molar-refractivity contribution in [3.8, 4) is 17.2 Å². The second kappa shape index (κ2) is 9.10. The van der Waals surface area contributed by atoms with Gasteiger partial charge in [0, 0.05) is 23.4 Å². The van der Waals surface area contributed by atoms with E-state index >= 15 is 0 Å². The highest BCUT2D eigenvalue weighted by atomic mass is 35.5. The molecular weight excluding hydrogens is 389 g/mol. The standard InChI is InChI=1S/C23H21Cl2N3/c1-15-7-3-4-8-17(15)9-6-12-27-21-13-18(14-26)22(16(2)28-21)19-10-5-11-20(24)23(19)25/h3-5,7-8,10-11,13H,6,9,12H2,1-2H3,(H,27,28). The molecule has 0 aliphatic carbocycles. The Morgan fingerprint density at radius 2 is 1.86 bits per heavy atom. The van der Waals surface area contributed by atoms with Crippen LogP contribution in [0.5, 0.6) is 0 Å². The van der Waals surface area contributed by atoms with Crippen LogP contribution in [0.15, 0.2) is 48.5 Å². The molecule has 0 amide bonds. The van der Waals surface area contributed by atoms with Crippen LogP contribution in [0.4, 0.5) is 5.82 Å². The molecule has 0 saturated carbocycles. The Balaban J connectivity index is 1.76. The van der Waals surface area contributed by atoms with E-state index in [4.69, 9.17) is 23.2 Å². The molecule has 0 unspecified atom stereocenters. The molecule has 0 fully saturated rings. The fraction of sp³-hybridized carbons (Fsp3) is 0.217. The van der Waals surface area contributed by atoms with E-state index in [1.807, 2.05) is 19.1 Å². The van der Waals surface area contributed by atoms with E-state index in [-0.39, 0.29) is 0 Å². The number of hydrogen-bond donors (Lipinski definition) is 1. The van der Waals surface area contributed by atoms with Crippen molar-refractivity contribution >= 4 is 29.0 Å². The minimum absolute atomic E-state index is 0.435. The maximum Gasteiger partial charge on any atom is 0.127 e. The second-order valence-corrected chi connectivity index (χ2v) is 7.47. The van der Waals surface area contributed by atoms with E-state index in [2.05, 4.69) is 47.6 Å². The number of anilines is 1. The van der Waals surface area contributed by atoms with Crippen molar-refractivity contribution in [3.05, 3.63) is 81.0 Å². The summed E-state index contributed by atoms with van der Waals surface area (Å²) in [6, 6.07) is 17.9. The van der Waals surface area contributed by atoms with Gasteiger partial charge in [-0.2, -0.15) is 5.26 Å². The first-order chi connectivity index (χ1) is 13.5. The average Bonchev–Trinajstić information content (AvgIpc) is 2.68. The van der Waals surface area contributed by atoms with E-state index in [0.717, 1.165) is 36.2 Å². The lowest BCUT2D eigenvalue weighted by molar-refractivity contribution is 0.852. The summed E-state index contributed by atoms with van der Waals surface area (Å²) >= 11 is 12.5. The van der Waals surface area contributed by atoms with Gasteiger partial charge in [-0.3, -0.25) is 0 Å². The molecule has 28 heavy (non-hydrogen) atoms. The number of pyridine rings is 1. The monoisotopic (exact) mass is 409 g/mol. The molecule has 1 heterocycles. The van der Waals surface area contributed by atoms with Gasteiger partial charge in [0.25, 0.3) is 0 Å². The number of rotatable bonds is 6. The molecule has 1 aromatic heterocycles. The molecule has 1 N–H and O–H groups in total. The van der Waals surface area contributed by atoms with Crippen LogP contribution in [-0.4, -0.2) is 11.5 Å². The number of aryl methyl sites for hydroxylation is 3. The molecule has 2 aromatic carbocycles. The highest BCUT2D eigenvalue weighted by molar-refractivity contribution is 6.43. The van der Waals surface area contributed by atoms with Gasteiger partial charge in [-0.05, 0) is 49.9 Å². The van der Waals surface area contributed by atoms with Crippen molar-refractivity contribution in [2.24, 2.45) is 0 Å². The zero-order chi connectivity index (χ0) is 20.1. The summed E-state index contributed by atoms with van der Waals surface area (Å²) in [4.78, 5) is 4.63. The highest BCUT2D eigenvalue weighted by Gasteiger charge is 2.16. The van der Waals surface area contributed by atoms with Crippen LogP contribution < -0.4 is 5.32 Å². The second-order valence-electron chi connectivity index (χ2n) is 6.69. The van der Waals surface area contributed by atoms with Crippen LogP contribution in [0.1, 0.15) is 28.8 Å². The first-order valence-electron chi connectivity index (χ1n) is 9.15. The maximum absolute atomic E-state index is 9.66. The predicted molar refractivity (Wildman–Crippen MR) is 117 cm³/mol. The van der Waals surface area contributed by atoms with Gasteiger partial charge in [-0.25, -0.2) is 4.98 Å². The van der Waals surface area contributed by atoms with Gasteiger partial charge in [0.2, 0.25) is 0 Å². The van der Waals surface area contributed by atoms with Gasteiger partial charge >= 0.3 is 0 Å². The average molecular weight is 410 g/mol. The highest BCUT2D eigenvalue weighted by Crippen LogP contribution is 2.37. The SMILES string of the molecule is Cc1ccccc1CCCNc1cc(C#N)c(-c2cccc(Cl)c2Cl)c(C)n1. The van der Waals surface area contributed by atoms with Crippen LogP contribution in [0.25, 0.3) is 11.1 Å². The normalized spacial score (nSPS) is 10.5. The number of benzene rings is 2. The summed E-state index contributed by atoms with van der Waals surface area (Å²) in [7, 11) is 0. The van der Waals surface area contributed by atoms with Gasteiger partial charge in [0.05, 0.1) is 21.7 Å². The molecule has 3 aromatic rings. The van der Waals surface area contributed by atoms with Crippen LogP contribution >= 0.6 is 23.2 Å². The third-order valence-electron chi connectivity index (χ3n) is 4.73. The lowest BCUT2D eigenvalue weighted by Crippen LogP contribution is -2.07. The van der Waals surface area contributed by atoms with Crippen molar-refractivity contribution in [2.75, 3.05) is 11.9 Å². The van der Waals surface area contributed by atoms with Gasteiger partial charge in [0.1, 0.15) is 5.82 Å². The third-order valence-corrected chi connectivity index (χ3v) is 5.55. The van der Waals surface area contributed by atoms with Gasteiger partial charge in [-0.15, -0.1) is 0 Å². The molecule has 0 aliphatic heterocycles. The quantitative estimate of drug-likeness (QED) is 0.467. The fourth-order valence-corrected chi connectivity index (χ4v) is 3.67. The summed E-state index contributed by atoms with van der Waals surface area (Å²) in [5.41, 5.74) is 5.38. The minimum atomic E-state index is 0.435. The third kappa shape index (κ3) is 4.47. The van der Waals surface area contributed by atoms with Gasteiger partial charge < -0.3 is 5.32 Å². The largest absolute Gasteiger partial charge is 0.370 e. The van der Waals surface area contributed by atoms with Crippen LogP contribution in [0, 0.1) is 25.2 Å². The summed E-state index contributed by atoms with van der Waals surface area (Å²) in [5, 5.41) is 13.9. The molecule has 0 saturated heterocycles. The molecule has 3 nitrogen and oxygen atoms in total. The zero-order valence-corrected chi connectivity index (χ0v) is 17.4. The van der Waals surface area contributed by atoms with Crippen molar-refractivity contribution in [1.82, 2.24) is 4.98 Å². The van der Waals surface area contributed by atoms with Crippen LogP contribution in [-0.2, 0) is 6.42 Å². The fourth-order valence-electron chi connectivity index (χ4n) is 3.27. The number of hydrogen-bond acceptors (Lipinski definition) is 3. The molecule has 0 radical (unpaired) electrons. The molecule has 0 bridgehead atoms. The molecule has 5 heteroatoms. The molecule has 0 spiro atoms. The smallest absolute Gasteiger partial charge is 0.127 e. The lowest BCUT2D eigenvalue weighted by atomic mass is 9.99. The van der Waals surface area contributed by atoms with Crippen molar-refractivity contribution in [3.63, 3.8) is 0 Å². The Kier molecular flexibility index (Phi) is 6.57. The first kappa shape index (κ1) is 20.2. The van der Waals surface area contributed by atoms with Crippen LogP contribution in [0.3, 0.4) is 0 Å². The Morgan fingerprint density at radius 3 is 2.61 bits per heavy atom. The van der Waals surface area contributed by atoms with Crippen molar-refractivity contribution in [2.45, 2.75) is 26.7 Å². The number of halogens is 2. The molecule has 0 aliphatic rings. The predicted octanol–water partition coefficient (Wildman–Crippen LogP) is 6.59. The Morgan fingerprint density at radius 1 is 1.07 bits per heavy atom. The summed E-state index contributed by atoms with van der Waals surface area (Å²) < 4.78 is 0. The van der Waals surface area contributed by atoms with E-state index < -0.39 is 0 Å². The van der Waals surface area contributed by atoms with E-state index in [1.165, 1.54) is 11.1 Å². The van der Waals surface area contributed by atoms with Gasteiger partial charge in [-0.1, -0.05) is 59.6 Å². The maximum atomic E-state index is 9.66. The zero-order valence-electron chi connectivity index (χ0n) is 15.9. The first-order valence-corrected chi connectivity index (χ1v) is 9.91. The van der Waals surface area contributed by atoms with E-state index in [9.17, 15) is 5.26 Å². The van der Waals surface area contributed by atoms with Gasteiger partial charge in [0.15, 0.2) is 0 Å². The van der Waals surface area contributed by atoms with E-state index in [0.29, 0.717) is 21.4 Å². The molecular formula is C23H21Cl2N3. The minimum Gasteiger partial charge on any atom is -0.370 e. The summed E-state index contributed by atoms with van der Waals surface area (Å²) in [5.74, 6) is 0.695. The Bertz CT molecular complexity index is 1040. The number of nitriles is 1. The number of nitrogens with zero attached hydrogens (tertiary/aromatic N) is 2. The number of nitrogens with one attached hydrogen (secondary N) is 1. The molecule has 142 valence electrons. The molecule has 3 rings (SSSR count). The van der Waals surface area contributed by atoms with E-state index in [1.54, 1.807) is 12.1 Å². The summed E-state index contributed by atoms with van der Waals surface area (Å²) in [6.45, 7) is 4.79. The Labute approximate surface area is 176 Å². The Hall–Kier alpha value is -2.54. The molecule has 0 atom stereocenters. The van der Waals surface area contributed by atoms with Crippen molar-refractivity contribution in [1.29, 1.82) is 5.26 Å². The summed E-state index contributed by atoms with van der Waals surface area (Å²) in [6.07, 6.45) is 1.98. The number of aromatic nitrogens is 1. The van der Waals surface area contributed by atoms with Crippen LogP contribution in [0.2, 0.25) is 10.0 Å². The van der Waals surface area contributed by atoms with Crippen molar-refractivity contribution < 1.29 is 0 Å². The lowest BCUT2D eigenvalue weighted by Gasteiger charge is -2.14. The topological polar surface area (TPSA) is 48.7 Å².